The SMILES string of the molecule is Cn1cc(Cl)c(C(=O)N2C[C@@H]3NC(=O)c4cc(cc(OCC5CC5)c4)OCC(=O)NCc4ccc(cc4)O[C@H]3C2)n1. The van der Waals surface area contributed by atoms with E-state index in [1.807, 2.05) is 12.1 Å². The Morgan fingerprint density at radius 2 is 1.93 bits per heavy atom. The smallest absolute Gasteiger partial charge is 0.276 e. The first kappa shape index (κ1) is 26.9. The van der Waals surface area contributed by atoms with Gasteiger partial charge < -0.3 is 29.7 Å². The number of likely N-dealkylation sites (tertiary alicyclic amines) is 1. The first-order valence-electron chi connectivity index (χ1n) is 13.5. The van der Waals surface area contributed by atoms with Gasteiger partial charge in [-0.05, 0) is 48.6 Å². The summed E-state index contributed by atoms with van der Waals surface area (Å²) in [4.78, 5) is 40.9. The maximum Gasteiger partial charge on any atom is 0.276 e. The van der Waals surface area contributed by atoms with E-state index in [0.29, 0.717) is 41.9 Å². The lowest BCUT2D eigenvalue weighted by Gasteiger charge is -2.21. The van der Waals surface area contributed by atoms with E-state index in [1.54, 1.807) is 48.5 Å². The Hall–Kier alpha value is -4.25. The molecule has 214 valence electrons. The van der Waals surface area contributed by atoms with Crippen LogP contribution >= 0.6 is 11.6 Å². The molecule has 2 atom stereocenters. The molecule has 1 saturated carbocycles. The summed E-state index contributed by atoms with van der Waals surface area (Å²) in [7, 11) is 1.69. The zero-order valence-electron chi connectivity index (χ0n) is 22.5. The third-order valence-corrected chi connectivity index (χ3v) is 7.53. The van der Waals surface area contributed by atoms with Gasteiger partial charge in [-0.15, -0.1) is 0 Å². The molecule has 2 N–H and O–H groups in total. The predicted octanol–water partition coefficient (Wildman–Crippen LogP) is 2.57. The fraction of sp³-hybridized carbons (Fsp3) is 0.379. The molecule has 3 aromatic rings. The molecule has 1 aromatic heterocycles. The maximum atomic E-state index is 13.6. The zero-order chi connectivity index (χ0) is 28.5. The number of amides is 3. The van der Waals surface area contributed by atoms with E-state index in [0.717, 1.165) is 18.4 Å². The Bertz CT molecular complexity index is 1470. The third-order valence-electron chi connectivity index (χ3n) is 7.25. The van der Waals surface area contributed by atoms with Crippen molar-refractivity contribution >= 4 is 29.3 Å². The molecule has 0 unspecified atom stereocenters. The van der Waals surface area contributed by atoms with Gasteiger partial charge in [0.25, 0.3) is 17.7 Å². The van der Waals surface area contributed by atoms with Gasteiger partial charge in [-0.2, -0.15) is 5.10 Å². The molecule has 3 aliphatic heterocycles. The van der Waals surface area contributed by atoms with Crippen LogP contribution in [0.2, 0.25) is 5.02 Å². The Labute approximate surface area is 241 Å². The Balaban J connectivity index is 1.29. The number of hydrogen-bond donors (Lipinski definition) is 2. The van der Waals surface area contributed by atoms with Crippen molar-refractivity contribution in [1.29, 1.82) is 0 Å². The lowest BCUT2D eigenvalue weighted by atomic mass is 10.1. The van der Waals surface area contributed by atoms with E-state index in [1.165, 1.54) is 4.68 Å². The number of benzene rings is 2. The summed E-state index contributed by atoms with van der Waals surface area (Å²) >= 11 is 6.25. The molecule has 1 aliphatic carbocycles. The van der Waals surface area contributed by atoms with Crippen LogP contribution in [0.3, 0.4) is 0 Å². The van der Waals surface area contributed by atoms with Crippen molar-refractivity contribution in [2.75, 3.05) is 26.3 Å². The monoisotopic (exact) mass is 579 g/mol. The number of carbonyl (C=O) groups excluding carboxylic acids is 3. The van der Waals surface area contributed by atoms with Crippen LogP contribution in [-0.4, -0.2) is 70.9 Å². The number of nitrogens with one attached hydrogen (secondary N) is 2. The molecule has 2 aromatic carbocycles. The molecular formula is C29H30ClN5O6. The van der Waals surface area contributed by atoms with Crippen LogP contribution in [0.15, 0.2) is 48.7 Å². The molecule has 3 amide bonds. The highest BCUT2D eigenvalue weighted by Crippen LogP contribution is 2.31. The fourth-order valence-corrected chi connectivity index (χ4v) is 5.09. The predicted molar refractivity (Wildman–Crippen MR) is 148 cm³/mol. The first-order chi connectivity index (χ1) is 19.8. The minimum absolute atomic E-state index is 0.142. The molecule has 1 saturated heterocycles. The van der Waals surface area contributed by atoms with Crippen molar-refractivity contribution in [3.8, 4) is 17.2 Å². The quantitative estimate of drug-likeness (QED) is 0.487. The van der Waals surface area contributed by atoms with Gasteiger partial charge in [-0.3, -0.25) is 19.1 Å². The van der Waals surface area contributed by atoms with Gasteiger partial charge in [0.1, 0.15) is 23.4 Å². The van der Waals surface area contributed by atoms with Crippen molar-refractivity contribution < 1.29 is 28.6 Å². The topological polar surface area (TPSA) is 124 Å². The number of rotatable bonds is 4. The van der Waals surface area contributed by atoms with E-state index < -0.39 is 12.1 Å². The highest BCUT2D eigenvalue weighted by Gasteiger charge is 2.39. The number of hydrogen-bond acceptors (Lipinski definition) is 7. The second-order valence-electron chi connectivity index (χ2n) is 10.6. The molecule has 4 bridgehead atoms. The van der Waals surface area contributed by atoms with Gasteiger partial charge in [-0.1, -0.05) is 23.7 Å². The van der Waals surface area contributed by atoms with Gasteiger partial charge in [0, 0.05) is 38.0 Å². The molecule has 7 rings (SSSR count). The van der Waals surface area contributed by atoms with Crippen molar-refractivity contribution in [3.63, 3.8) is 0 Å². The Morgan fingerprint density at radius 1 is 1.12 bits per heavy atom. The van der Waals surface area contributed by atoms with Gasteiger partial charge in [0.15, 0.2) is 12.3 Å². The molecule has 0 spiro atoms. The average molecular weight is 580 g/mol. The number of ether oxygens (including phenoxy) is 3. The molecule has 2 fully saturated rings. The number of fused-ring (bicyclic) bond motifs is 7. The van der Waals surface area contributed by atoms with Gasteiger partial charge in [0.2, 0.25) is 0 Å². The van der Waals surface area contributed by atoms with E-state index in [9.17, 15) is 14.4 Å². The van der Waals surface area contributed by atoms with Gasteiger partial charge >= 0.3 is 0 Å². The van der Waals surface area contributed by atoms with E-state index >= 15 is 0 Å². The largest absolute Gasteiger partial charge is 0.493 e. The van der Waals surface area contributed by atoms with E-state index in [2.05, 4.69) is 15.7 Å². The number of aryl methyl sites for hydroxylation is 1. The van der Waals surface area contributed by atoms with Crippen molar-refractivity contribution in [2.45, 2.75) is 31.5 Å². The van der Waals surface area contributed by atoms with Crippen LogP contribution in [-0.2, 0) is 18.4 Å². The molecule has 4 aliphatic rings. The maximum absolute atomic E-state index is 13.6. The highest BCUT2D eigenvalue weighted by atomic mass is 35.5. The Morgan fingerprint density at radius 3 is 2.66 bits per heavy atom. The minimum Gasteiger partial charge on any atom is -0.493 e. The molecule has 0 radical (unpaired) electrons. The third kappa shape index (κ3) is 6.40. The van der Waals surface area contributed by atoms with Crippen LogP contribution < -0.4 is 24.8 Å². The van der Waals surface area contributed by atoms with Crippen LogP contribution in [0, 0.1) is 5.92 Å². The lowest BCUT2D eigenvalue weighted by molar-refractivity contribution is -0.123. The summed E-state index contributed by atoms with van der Waals surface area (Å²) in [6, 6.07) is 11.6. The molecule has 4 heterocycles. The minimum atomic E-state index is -0.545. The summed E-state index contributed by atoms with van der Waals surface area (Å²) in [5.41, 5.74) is 1.33. The molecule has 12 heteroatoms. The number of nitrogens with zero attached hydrogens (tertiary/aromatic N) is 3. The lowest BCUT2D eigenvalue weighted by Crippen LogP contribution is -2.45. The standard InChI is InChI=1S/C29H30ClN5O6/c1-34-12-23(30)27(33-34)29(38)35-13-24-25(14-35)41-20-6-4-17(5-7-20)11-31-26(36)16-40-22-9-19(28(37)32-24)8-21(10-22)39-15-18-2-3-18/h4-10,12,18,24-25H,2-3,11,13-16H2,1H3,(H,31,36)(H,32,37)/t24-,25-/m0/s1. The second-order valence-corrected chi connectivity index (χ2v) is 11.0. The molecule has 41 heavy (non-hydrogen) atoms. The average Bonchev–Trinajstić information content (AvgIpc) is 3.62. The first-order valence-corrected chi connectivity index (χ1v) is 13.9. The second kappa shape index (κ2) is 11.3. The fourth-order valence-electron chi connectivity index (χ4n) is 4.83. The van der Waals surface area contributed by atoms with Crippen LogP contribution in [0.25, 0.3) is 0 Å². The summed E-state index contributed by atoms with van der Waals surface area (Å²) < 4.78 is 19.5. The van der Waals surface area contributed by atoms with Crippen LogP contribution in [0.4, 0.5) is 0 Å². The zero-order valence-corrected chi connectivity index (χ0v) is 23.2. The van der Waals surface area contributed by atoms with Crippen LogP contribution in [0.1, 0.15) is 39.3 Å². The van der Waals surface area contributed by atoms with Gasteiger partial charge in [-0.25, -0.2) is 0 Å². The van der Waals surface area contributed by atoms with Crippen molar-refractivity contribution in [1.82, 2.24) is 25.3 Å². The summed E-state index contributed by atoms with van der Waals surface area (Å²) in [5, 5.41) is 10.3. The molecular weight excluding hydrogens is 550 g/mol. The number of carbonyl (C=O) groups is 3. The van der Waals surface area contributed by atoms with Crippen molar-refractivity contribution in [3.05, 3.63) is 70.5 Å². The van der Waals surface area contributed by atoms with Crippen molar-refractivity contribution in [2.24, 2.45) is 13.0 Å². The summed E-state index contributed by atoms with van der Waals surface area (Å²) in [5.74, 6) is 0.873. The van der Waals surface area contributed by atoms with E-state index in [-0.39, 0.29) is 48.1 Å². The normalized spacial score (nSPS) is 20.8. The highest BCUT2D eigenvalue weighted by molar-refractivity contribution is 6.33. The van der Waals surface area contributed by atoms with Gasteiger partial charge in [0.05, 0.1) is 24.2 Å². The molecule has 11 nitrogen and oxygen atoms in total. The Kier molecular flexibility index (Phi) is 7.44. The van der Waals surface area contributed by atoms with E-state index in [4.69, 9.17) is 25.8 Å². The number of halogens is 1. The summed E-state index contributed by atoms with van der Waals surface area (Å²) in [6.07, 6.45) is 3.26. The summed E-state index contributed by atoms with van der Waals surface area (Å²) in [6.45, 7) is 1.06. The van der Waals surface area contributed by atoms with Crippen LogP contribution in [0.5, 0.6) is 17.2 Å². The number of aromatic nitrogens is 2.